The van der Waals surface area contributed by atoms with Gasteiger partial charge in [0.25, 0.3) is 5.56 Å². The Balaban J connectivity index is 1.89. The highest BCUT2D eigenvalue weighted by Crippen LogP contribution is 2.21. The average molecular weight is 308 g/mol. The second kappa shape index (κ2) is 5.22. The molecule has 0 saturated carbocycles. The van der Waals surface area contributed by atoms with E-state index in [1.165, 1.54) is 17.4 Å². The molecule has 3 aromatic rings. The number of aromatic nitrogens is 3. The Labute approximate surface area is 123 Å². The first-order valence-electron chi connectivity index (χ1n) is 5.85. The molecule has 0 aliphatic carbocycles. The molecule has 0 unspecified atom stereocenters. The van der Waals surface area contributed by atoms with E-state index in [1.54, 1.807) is 22.7 Å². The number of aryl methyl sites for hydroxylation is 1. The van der Waals surface area contributed by atoms with Crippen LogP contribution in [0.1, 0.15) is 11.4 Å². The van der Waals surface area contributed by atoms with Crippen molar-refractivity contribution in [2.75, 3.05) is 0 Å². The van der Waals surface area contributed by atoms with Crippen molar-refractivity contribution in [2.24, 2.45) is 0 Å². The summed E-state index contributed by atoms with van der Waals surface area (Å²) in [5, 5.41) is 2.18. The number of pyridine rings is 1. The molecule has 7 heteroatoms. The summed E-state index contributed by atoms with van der Waals surface area (Å²) in [6.45, 7) is 2.05. The highest BCUT2D eigenvalue weighted by molar-refractivity contribution is 7.15. The summed E-state index contributed by atoms with van der Waals surface area (Å²) < 4.78 is 7.11. The molecule has 0 aliphatic heterocycles. The van der Waals surface area contributed by atoms with Gasteiger partial charge in [0.1, 0.15) is 6.61 Å². The van der Waals surface area contributed by atoms with Crippen LogP contribution in [0, 0.1) is 6.92 Å². The Bertz CT molecular complexity index is 828. The summed E-state index contributed by atoms with van der Waals surface area (Å²) in [7, 11) is 0. The zero-order chi connectivity index (χ0) is 14.1. The first kappa shape index (κ1) is 13.1. The van der Waals surface area contributed by atoms with Crippen molar-refractivity contribution in [3.05, 3.63) is 56.7 Å². The van der Waals surface area contributed by atoms with Crippen molar-refractivity contribution >= 4 is 27.9 Å². The van der Waals surface area contributed by atoms with Gasteiger partial charge in [-0.05, 0) is 19.1 Å². The molecular formula is C13H10ClN3O2S. The summed E-state index contributed by atoms with van der Waals surface area (Å²) in [5.41, 5.74) is 1.34. The molecule has 3 rings (SSSR count). The minimum Gasteiger partial charge on any atom is -0.484 e. The van der Waals surface area contributed by atoms with Crippen LogP contribution in [0.4, 0.5) is 0 Å². The minimum atomic E-state index is -0.107. The molecule has 0 bridgehead atoms. The fourth-order valence-electron chi connectivity index (χ4n) is 1.81. The first-order valence-corrected chi connectivity index (χ1v) is 7.11. The van der Waals surface area contributed by atoms with Gasteiger partial charge in [-0.15, -0.1) is 11.3 Å². The van der Waals surface area contributed by atoms with Crippen LogP contribution in [-0.2, 0) is 6.61 Å². The van der Waals surface area contributed by atoms with Gasteiger partial charge in [0.2, 0.25) is 0 Å². The molecule has 5 nitrogen and oxygen atoms in total. The summed E-state index contributed by atoms with van der Waals surface area (Å²) in [4.78, 5) is 21.0. The van der Waals surface area contributed by atoms with Gasteiger partial charge in [-0.3, -0.25) is 9.20 Å². The molecule has 3 aromatic heterocycles. The standard InChI is InChI=1S/C13H10ClN3O2S/c1-8-7-20-13-16-9(5-11(18)17(8)13)6-19-10-3-2-4-15-12(10)14/h2-5,7H,6H2,1H3. The molecule has 0 aliphatic rings. The van der Waals surface area contributed by atoms with Gasteiger partial charge in [0, 0.05) is 23.3 Å². The SMILES string of the molecule is Cc1csc2nc(COc3cccnc3Cl)cc(=O)n12. The number of halogens is 1. The fraction of sp³-hybridized carbons (Fsp3) is 0.154. The smallest absolute Gasteiger partial charge is 0.259 e. The number of rotatable bonds is 3. The Morgan fingerprint density at radius 1 is 1.50 bits per heavy atom. The molecule has 20 heavy (non-hydrogen) atoms. The van der Waals surface area contributed by atoms with Crippen molar-refractivity contribution in [1.82, 2.24) is 14.4 Å². The molecule has 0 radical (unpaired) electrons. The number of fused-ring (bicyclic) bond motifs is 1. The van der Waals surface area contributed by atoms with Gasteiger partial charge in [-0.25, -0.2) is 9.97 Å². The van der Waals surface area contributed by atoms with Gasteiger partial charge in [-0.2, -0.15) is 0 Å². The molecule has 0 amide bonds. The number of hydrogen-bond donors (Lipinski definition) is 0. The highest BCUT2D eigenvalue weighted by Gasteiger charge is 2.08. The van der Waals surface area contributed by atoms with E-state index >= 15 is 0 Å². The number of ether oxygens (including phenoxy) is 1. The molecule has 0 atom stereocenters. The Morgan fingerprint density at radius 2 is 2.35 bits per heavy atom. The normalized spacial score (nSPS) is 10.9. The van der Waals surface area contributed by atoms with Crippen LogP contribution < -0.4 is 10.3 Å². The van der Waals surface area contributed by atoms with E-state index < -0.39 is 0 Å². The van der Waals surface area contributed by atoms with E-state index in [1.807, 2.05) is 12.3 Å². The van der Waals surface area contributed by atoms with Crippen LogP contribution in [0.15, 0.2) is 34.6 Å². The van der Waals surface area contributed by atoms with Crippen LogP contribution in [-0.4, -0.2) is 14.4 Å². The largest absolute Gasteiger partial charge is 0.484 e. The summed E-state index contributed by atoms with van der Waals surface area (Å²) >= 11 is 7.32. The van der Waals surface area contributed by atoms with E-state index in [0.717, 1.165) is 5.69 Å². The maximum atomic E-state index is 12.0. The molecule has 0 fully saturated rings. The Morgan fingerprint density at radius 3 is 3.15 bits per heavy atom. The molecule has 3 heterocycles. The van der Waals surface area contributed by atoms with Crippen molar-refractivity contribution in [2.45, 2.75) is 13.5 Å². The lowest BCUT2D eigenvalue weighted by atomic mass is 10.4. The van der Waals surface area contributed by atoms with E-state index in [9.17, 15) is 4.79 Å². The van der Waals surface area contributed by atoms with Crippen LogP contribution in [0.5, 0.6) is 5.75 Å². The number of nitrogens with zero attached hydrogens (tertiary/aromatic N) is 3. The molecule has 0 saturated heterocycles. The van der Waals surface area contributed by atoms with E-state index in [0.29, 0.717) is 16.4 Å². The molecule has 0 aromatic carbocycles. The second-order valence-corrected chi connectivity index (χ2v) is 5.36. The predicted octanol–water partition coefficient (Wildman–Crippen LogP) is 2.69. The second-order valence-electron chi connectivity index (χ2n) is 4.16. The molecule has 0 spiro atoms. The van der Waals surface area contributed by atoms with Gasteiger partial charge >= 0.3 is 0 Å². The van der Waals surface area contributed by atoms with E-state index in [4.69, 9.17) is 16.3 Å². The van der Waals surface area contributed by atoms with Crippen molar-refractivity contribution in [1.29, 1.82) is 0 Å². The quantitative estimate of drug-likeness (QED) is 0.698. The maximum absolute atomic E-state index is 12.0. The lowest BCUT2D eigenvalue weighted by molar-refractivity contribution is 0.300. The molecule has 0 N–H and O–H groups in total. The van der Waals surface area contributed by atoms with Crippen molar-refractivity contribution in [3.63, 3.8) is 0 Å². The Hall–Kier alpha value is -1.92. The third-order valence-electron chi connectivity index (χ3n) is 2.73. The van der Waals surface area contributed by atoms with Crippen molar-refractivity contribution in [3.8, 4) is 5.75 Å². The van der Waals surface area contributed by atoms with Crippen LogP contribution in [0.3, 0.4) is 0 Å². The molecule has 102 valence electrons. The van der Waals surface area contributed by atoms with Gasteiger partial charge < -0.3 is 4.74 Å². The van der Waals surface area contributed by atoms with Crippen LogP contribution in [0.2, 0.25) is 5.15 Å². The summed E-state index contributed by atoms with van der Waals surface area (Å²) in [6.07, 6.45) is 1.58. The third-order valence-corrected chi connectivity index (χ3v) is 3.96. The first-order chi connectivity index (χ1) is 9.65. The number of thiazole rings is 1. The van der Waals surface area contributed by atoms with E-state index in [2.05, 4.69) is 9.97 Å². The zero-order valence-electron chi connectivity index (χ0n) is 10.5. The van der Waals surface area contributed by atoms with Gasteiger partial charge in [0.15, 0.2) is 15.9 Å². The minimum absolute atomic E-state index is 0.107. The lowest BCUT2D eigenvalue weighted by Gasteiger charge is -2.06. The summed E-state index contributed by atoms with van der Waals surface area (Å²) in [6, 6.07) is 4.92. The van der Waals surface area contributed by atoms with Crippen LogP contribution >= 0.6 is 22.9 Å². The topological polar surface area (TPSA) is 56.5 Å². The van der Waals surface area contributed by atoms with Crippen molar-refractivity contribution < 1.29 is 4.74 Å². The predicted molar refractivity (Wildman–Crippen MR) is 77.7 cm³/mol. The number of hydrogen-bond acceptors (Lipinski definition) is 5. The monoisotopic (exact) mass is 307 g/mol. The molecular weight excluding hydrogens is 298 g/mol. The van der Waals surface area contributed by atoms with Gasteiger partial charge in [-0.1, -0.05) is 11.6 Å². The Kier molecular flexibility index (Phi) is 3.42. The lowest BCUT2D eigenvalue weighted by Crippen LogP contribution is -2.16. The fourth-order valence-corrected chi connectivity index (χ4v) is 2.87. The maximum Gasteiger partial charge on any atom is 0.259 e. The average Bonchev–Trinajstić information content (AvgIpc) is 2.80. The van der Waals surface area contributed by atoms with Crippen LogP contribution in [0.25, 0.3) is 4.96 Å². The van der Waals surface area contributed by atoms with E-state index in [-0.39, 0.29) is 17.3 Å². The zero-order valence-corrected chi connectivity index (χ0v) is 12.1. The van der Waals surface area contributed by atoms with Gasteiger partial charge in [0.05, 0.1) is 5.69 Å². The highest BCUT2D eigenvalue weighted by atomic mass is 35.5. The summed E-state index contributed by atoms with van der Waals surface area (Å²) in [5.74, 6) is 0.471. The third kappa shape index (κ3) is 2.39.